The largest absolute Gasteiger partial charge is 0.488 e. The lowest BCUT2D eigenvalue weighted by molar-refractivity contribution is 0.0950. The highest BCUT2D eigenvalue weighted by Crippen LogP contribution is 2.22. The zero-order valence-corrected chi connectivity index (χ0v) is 16.8. The molecule has 3 aromatic rings. The van der Waals surface area contributed by atoms with Crippen molar-refractivity contribution in [2.45, 2.75) is 6.61 Å². The Labute approximate surface area is 177 Å². The number of amides is 1. The number of carbonyl (C=O) groups excluding carboxylic acids is 1. The van der Waals surface area contributed by atoms with Gasteiger partial charge in [-0.15, -0.1) is 0 Å². The van der Waals surface area contributed by atoms with Gasteiger partial charge in [0.2, 0.25) is 0 Å². The molecule has 0 aromatic heterocycles. The number of nitrogens with zero attached hydrogens (tertiary/aromatic N) is 1. The highest BCUT2D eigenvalue weighted by atomic mass is 35.5. The zero-order chi connectivity index (χ0) is 19.9. The molecule has 0 aliphatic rings. The van der Waals surface area contributed by atoms with Crippen molar-refractivity contribution in [3.63, 3.8) is 0 Å². The second-order valence-electron chi connectivity index (χ2n) is 5.75. The van der Waals surface area contributed by atoms with Crippen LogP contribution in [-0.4, -0.2) is 12.1 Å². The number of para-hydroxylation sites is 1. The van der Waals surface area contributed by atoms with E-state index in [0.717, 1.165) is 5.56 Å². The van der Waals surface area contributed by atoms with Crippen LogP contribution in [0.2, 0.25) is 15.1 Å². The van der Waals surface area contributed by atoms with E-state index < -0.39 is 5.91 Å². The number of hydrogen-bond acceptors (Lipinski definition) is 3. The third-order valence-corrected chi connectivity index (χ3v) is 4.71. The molecule has 0 aliphatic carbocycles. The van der Waals surface area contributed by atoms with Crippen molar-refractivity contribution in [1.29, 1.82) is 0 Å². The Morgan fingerprint density at radius 3 is 2.32 bits per heavy atom. The topological polar surface area (TPSA) is 50.7 Å². The molecule has 0 radical (unpaired) electrons. The standard InChI is InChI=1S/C21H15Cl3N2O2/c22-15-10-8-14(9-11-15)13-28-20-7-2-1-4-16(20)21(27)26-25-12-17-18(23)5-3-6-19(17)24/h1-12H,13H2,(H,26,27). The van der Waals surface area contributed by atoms with Crippen LogP contribution in [0.5, 0.6) is 5.75 Å². The number of halogens is 3. The summed E-state index contributed by atoms with van der Waals surface area (Å²) in [6, 6.07) is 19.3. The first-order chi connectivity index (χ1) is 13.5. The quantitative estimate of drug-likeness (QED) is 0.383. The minimum atomic E-state index is -0.411. The van der Waals surface area contributed by atoms with E-state index in [1.165, 1.54) is 6.21 Å². The number of benzene rings is 3. The fourth-order valence-corrected chi connectivity index (χ4v) is 2.99. The van der Waals surface area contributed by atoms with E-state index in [1.54, 1.807) is 54.6 Å². The number of rotatable bonds is 6. The predicted octanol–water partition coefficient (Wildman–Crippen LogP) is 5.99. The summed E-state index contributed by atoms with van der Waals surface area (Å²) >= 11 is 18.0. The maximum Gasteiger partial charge on any atom is 0.275 e. The third kappa shape index (κ3) is 5.26. The lowest BCUT2D eigenvalue weighted by atomic mass is 10.2. The van der Waals surface area contributed by atoms with Crippen molar-refractivity contribution < 1.29 is 9.53 Å². The summed E-state index contributed by atoms with van der Waals surface area (Å²) in [5.74, 6) is 0.0343. The van der Waals surface area contributed by atoms with Crippen LogP contribution in [0.1, 0.15) is 21.5 Å². The van der Waals surface area contributed by atoms with Gasteiger partial charge >= 0.3 is 0 Å². The summed E-state index contributed by atoms with van der Waals surface area (Å²) in [6.45, 7) is 0.306. The fraction of sp³-hybridized carbons (Fsp3) is 0.0476. The predicted molar refractivity (Wildman–Crippen MR) is 114 cm³/mol. The molecule has 1 amide bonds. The van der Waals surface area contributed by atoms with E-state index in [0.29, 0.717) is 38.6 Å². The number of ether oxygens (including phenoxy) is 1. The normalized spacial score (nSPS) is 10.8. The van der Waals surface area contributed by atoms with Gasteiger partial charge in [-0.2, -0.15) is 5.10 Å². The summed E-state index contributed by atoms with van der Waals surface area (Å²) in [4.78, 5) is 12.5. The molecule has 0 unspecified atom stereocenters. The van der Waals surface area contributed by atoms with Gasteiger partial charge in [0.1, 0.15) is 12.4 Å². The Morgan fingerprint density at radius 2 is 1.61 bits per heavy atom. The van der Waals surface area contributed by atoms with Crippen molar-refractivity contribution >= 4 is 46.9 Å². The Kier molecular flexibility index (Phi) is 6.93. The van der Waals surface area contributed by atoms with Crippen LogP contribution in [0.3, 0.4) is 0 Å². The molecule has 0 saturated carbocycles. The zero-order valence-electron chi connectivity index (χ0n) is 14.5. The second kappa shape index (κ2) is 9.60. The van der Waals surface area contributed by atoms with E-state index in [2.05, 4.69) is 10.5 Å². The molecule has 0 fully saturated rings. The van der Waals surface area contributed by atoms with Crippen LogP contribution in [0.4, 0.5) is 0 Å². The van der Waals surface area contributed by atoms with Crippen molar-refractivity contribution in [3.8, 4) is 5.75 Å². The monoisotopic (exact) mass is 432 g/mol. The second-order valence-corrected chi connectivity index (χ2v) is 7.00. The average molecular weight is 434 g/mol. The van der Waals surface area contributed by atoms with Gasteiger partial charge in [-0.25, -0.2) is 5.43 Å². The lowest BCUT2D eigenvalue weighted by Gasteiger charge is -2.10. The van der Waals surface area contributed by atoms with Crippen LogP contribution in [0.25, 0.3) is 0 Å². The molecule has 0 bridgehead atoms. The summed E-state index contributed by atoms with van der Waals surface area (Å²) in [5, 5.41) is 5.48. The van der Waals surface area contributed by atoms with Crippen molar-refractivity contribution in [2.75, 3.05) is 0 Å². The van der Waals surface area contributed by atoms with E-state index in [-0.39, 0.29) is 0 Å². The molecule has 1 N–H and O–H groups in total. The molecule has 3 rings (SSSR count). The molecule has 28 heavy (non-hydrogen) atoms. The van der Waals surface area contributed by atoms with Crippen LogP contribution in [0.15, 0.2) is 71.8 Å². The molecular formula is C21H15Cl3N2O2. The first-order valence-electron chi connectivity index (χ1n) is 8.28. The van der Waals surface area contributed by atoms with E-state index in [9.17, 15) is 4.79 Å². The minimum Gasteiger partial charge on any atom is -0.488 e. The van der Waals surface area contributed by atoms with Crippen LogP contribution >= 0.6 is 34.8 Å². The van der Waals surface area contributed by atoms with Gasteiger partial charge in [0, 0.05) is 10.6 Å². The first-order valence-corrected chi connectivity index (χ1v) is 9.41. The van der Waals surface area contributed by atoms with Crippen LogP contribution in [0, 0.1) is 0 Å². The molecule has 0 atom stereocenters. The number of carbonyl (C=O) groups is 1. The highest BCUT2D eigenvalue weighted by molar-refractivity contribution is 6.38. The van der Waals surface area contributed by atoms with Crippen LogP contribution in [-0.2, 0) is 6.61 Å². The molecule has 0 spiro atoms. The molecule has 0 saturated heterocycles. The summed E-state index contributed by atoms with van der Waals surface area (Å²) < 4.78 is 5.79. The minimum absolute atomic E-state index is 0.306. The Morgan fingerprint density at radius 1 is 0.929 bits per heavy atom. The van der Waals surface area contributed by atoms with Gasteiger partial charge in [-0.1, -0.05) is 65.1 Å². The molecule has 3 aromatic carbocycles. The average Bonchev–Trinajstić information content (AvgIpc) is 2.70. The molecule has 0 aliphatic heterocycles. The van der Waals surface area contributed by atoms with Crippen molar-refractivity contribution in [1.82, 2.24) is 5.43 Å². The number of hydrazone groups is 1. The molecular weight excluding hydrogens is 419 g/mol. The van der Waals surface area contributed by atoms with Gasteiger partial charge in [-0.3, -0.25) is 4.79 Å². The van der Waals surface area contributed by atoms with E-state index in [1.807, 2.05) is 12.1 Å². The fourth-order valence-electron chi connectivity index (χ4n) is 2.37. The van der Waals surface area contributed by atoms with Gasteiger partial charge in [0.05, 0.1) is 21.8 Å². The summed E-state index contributed by atoms with van der Waals surface area (Å²) in [7, 11) is 0. The van der Waals surface area contributed by atoms with Crippen molar-refractivity contribution in [3.05, 3.63) is 98.5 Å². The van der Waals surface area contributed by atoms with Crippen molar-refractivity contribution in [2.24, 2.45) is 5.10 Å². The number of nitrogens with one attached hydrogen (secondary N) is 1. The van der Waals surface area contributed by atoms with Gasteiger partial charge in [-0.05, 0) is 42.0 Å². The van der Waals surface area contributed by atoms with E-state index >= 15 is 0 Å². The van der Waals surface area contributed by atoms with Crippen LogP contribution < -0.4 is 10.2 Å². The smallest absolute Gasteiger partial charge is 0.275 e. The molecule has 4 nitrogen and oxygen atoms in total. The maximum atomic E-state index is 12.5. The van der Waals surface area contributed by atoms with Gasteiger partial charge in [0.25, 0.3) is 5.91 Å². The Balaban J connectivity index is 1.68. The molecule has 0 heterocycles. The molecule has 142 valence electrons. The maximum absolute atomic E-state index is 12.5. The third-order valence-electron chi connectivity index (χ3n) is 3.80. The first kappa shape index (κ1) is 20.2. The number of hydrogen-bond donors (Lipinski definition) is 1. The Bertz CT molecular complexity index is 985. The summed E-state index contributed by atoms with van der Waals surface area (Å²) in [6.07, 6.45) is 1.40. The highest BCUT2D eigenvalue weighted by Gasteiger charge is 2.12. The van der Waals surface area contributed by atoms with E-state index in [4.69, 9.17) is 39.5 Å². The summed E-state index contributed by atoms with van der Waals surface area (Å²) in [5.41, 5.74) is 4.29. The van der Waals surface area contributed by atoms with Gasteiger partial charge in [0.15, 0.2) is 0 Å². The van der Waals surface area contributed by atoms with Gasteiger partial charge < -0.3 is 4.74 Å². The molecule has 7 heteroatoms. The lowest BCUT2D eigenvalue weighted by Crippen LogP contribution is -2.18. The SMILES string of the molecule is O=C(NN=Cc1c(Cl)cccc1Cl)c1ccccc1OCc1ccc(Cl)cc1. The Hall–Kier alpha value is -2.53.